The number of halogens is 2. The van der Waals surface area contributed by atoms with Crippen LogP contribution in [0, 0.1) is 0 Å². The maximum Gasteiger partial charge on any atom is 0.258 e. The first-order chi connectivity index (χ1) is 11.0. The zero-order valence-electron chi connectivity index (χ0n) is 12.4. The Morgan fingerprint density at radius 2 is 2.09 bits per heavy atom. The Bertz CT molecular complexity index is 910. The van der Waals surface area contributed by atoms with Crippen LogP contribution in [0.25, 0.3) is 10.9 Å². The highest BCUT2D eigenvalue weighted by atomic mass is 79.9. The summed E-state index contributed by atoms with van der Waals surface area (Å²) in [6, 6.07) is 13.2. The molecule has 4 nitrogen and oxygen atoms in total. The first-order valence-electron chi connectivity index (χ1n) is 7.21. The lowest BCUT2D eigenvalue weighted by molar-refractivity contribution is 0.558. The Balaban J connectivity index is 1.82. The molecule has 0 bridgehead atoms. The summed E-state index contributed by atoms with van der Waals surface area (Å²) in [5, 5.41) is 4.47. The van der Waals surface area contributed by atoms with Crippen molar-refractivity contribution in [2.45, 2.75) is 19.5 Å². The van der Waals surface area contributed by atoms with Gasteiger partial charge >= 0.3 is 0 Å². The van der Waals surface area contributed by atoms with Crippen molar-refractivity contribution < 1.29 is 0 Å². The number of nitrogens with one attached hydrogen (secondary N) is 2. The van der Waals surface area contributed by atoms with Gasteiger partial charge in [-0.3, -0.25) is 4.79 Å². The summed E-state index contributed by atoms with van der Waals surface area (Å²) in [7, 11) is 0. The van der Waals surface area contributed by atoms with Crippen LogP contribution in [0.2, 0.25) is 5.02 Å². The molecule has 0 saturated carbocycles. The smallest absolute Gasteiger partial charge is 0.258 e. The quantitative estimate of drug-likeness (QED) is 0.700. The van der Waals surface area contributed by atoms with Gasteiger partial charge in [-0.15, -0.1) is 0 Å². The number of nitrogens with zero attached hydrogens (tertiary/aromatic N) is 1. The molecule has 0 saturated heterocycles. The van der Waals surface area contributed by atoms with Crippen molar-refractivity contribution in [3.05, 3.63) is 73.7 Å². The normalized spacial score (nSPS) is 12.5. The number of rotatable bonds is 4. The second-order valence-electron chi connectivity index (χ2n) is 5.30. The molecule has 0 aliphatic carbocycles. The van der Waals surface area contributed by atoms with Gasteiger partial charge < -0.3 is 10.3 Å². The molecule has 1 heterocycles. The molecule has 118 valence electrons. The Kier molecular flexibility index (Phi) is 4.80. The van der Waals surface area contributed by atoms with Gasteiger partial charge in [-0.1, -0.05) is 45.7 Å². The molecule has 3 rings (SSSR count). The fourth-order valence-corrected chi connectivity index (χ4v) is 3.23. The van der Waals surface area contributed by atoms with Crippen molar-refractivity contribution in [1.29, 1.82) is 0 Å². The van der Waals surface area contributed by atoms with Gasteiger partial charge in [0.1, 0.15) is 5.82 Å². The van der Waals surface area contributed by atoms with Crippen molar-refractivity contribution in [1.82, 2.24) is 15.3 Å². The predicted molar refractivity (Wildman–Crippen MR) is 96.8 cm³/mol. The third-order valence-electron chi connectivity index (χ3n) is 3.67. The minimum absolute atomic E-state index is 0.117. The highest BCUT2D eigenvalue weighted by Crippen LogP contribution is 2.23. The number of hydrogen-bond acceptors (Lipinski definition) is 3. The third-order valence-corrected chi connectivity index (χ3v) is 4.62. The molecule has 3 aromatic rings. The molecule has 0 unspecified atom stereocenters. The van der Waals surface area contributed by atoms with Crippen LogP contribution < -0.4 is 10.9 Å². The molecule has 2 aromatic carbocycles. The number of hydrogen-bond donors (Lipinski definition) is 2. The van der Waals surface area contributed by atoms with Gasteiger partial charge in [-0.05, 0) is 36.8 Å². The second-order valence-corrected chi connectivity index (χ2v) is 6.59. The highest BCUT2D eigenvalue weighted by Gasteiger charge is 2.10. The van der Waals surface area contributed by atoms with Crippen LogP contribution in [0.3, 0.4) is 0 Å². The van der Waals surface area contributed by atoms with E-state index in [2.05, 4.69) is 44.2 Å². The van der Waals surface area contributed by atoms with Crippen LogP contribution in [-0.4, -0.2) is 9.97 Å². The molecule has 0 radical (unpaired) electrons. The van der Waals surface area contributed by atoms with E-state index < -0.39 is 0 Å². The van der Waals surface area contributed by atoms with Crippen molar-refractivity contribution in [2.75, 3.05) is 0 Å². The predicted octanol–water partition coefficient (Wildman–Crippen LogP) is 4.19. The number of H-pyrrole nitrogens is 1. The number of aromatic nitrogens is 2. The van der Waals surface area contributed by atoms with Crippen LogP contribution >= 0.6 is 27.5 Å². The first kappa shape index (κ1) is 16.2. The molecular formula is C17H15BrClN3O. The van der Waals surface area contributed by atoms with E-state index in [0.29, 0.717) is 28.3 Å². The van der Waals surface area contributed by atoms with E-state index in [0.717, 1.165) is 10.0 Å². The van der Waals surface area contributed by atoms with Gasteiger partial charge in [-0.25, -0.2) is 4.98 Å². The number of benzene rings is 2. The molecule has 23 heavy (non-hydrogen) atoms. The van der Waals surface area contributed by atoms with Crippen LogP contribution in [0.15, 0.2) is 51.7 Å². The molecule has 0 aliphatic heterocycles. The maximum absolute atomic E-state index is 12.1. The molecule has 2 N–H and O–H groups in total. The lowest BCUT2D eigenvalue weighted by atomic mass is 10.1. The molecule has 0 amide bonds. The summed E-state index contributed by atoms with van der Waals surface area (Å²) in [5.41, 5.74) is 1.60. The zero-order chi connectivity index (χ0) is 16.4. The van der Waals surface area contributed by atoms with Gasteiger partial charge in [0.15, 0.2) is 0 Å². The van der Waals surface area contributed by atoms with Crippen molar-refractivity contribution in [3.63, 3.8) is 0 Å². The van der Waals surface area contributed by atoms with Gasteiger partial charge in [0.05, 0.1) is 17.4 Å². The molecule has 0 fully saturated rings. The minimum atomic E-state index is -0.156. The lowest BCUT2D eigenvalue weighted by Crippen LogP contribution is -2.22. The fourth-order valence-electron chi connectivity index (χ4n) is 2.43. The fraction of sp³-hybridized carbons (Fsp3) is 0.176. The van der Waals surface area contributed by atoms with E-state index in [-0.39, 0.29) is 11.6 Å². The number of aromatic amines is 1. The average molecular weight is 393 g/mol. The maximum atomic E-state index is 12.1. The molecular weight excluding hydrogens is 378 g/mol. The van der Waals surface area contributed by atoms with E-state index in [1.807, 2.05) is 18.2 Å². The topological polar surface area (TPSA) is 57.8 Å². The van der Waals surface area contributed by atoms with E-state index >= 15 is 0 Å². The van der Waals surface area contributed by atoms with Gasteiger partial charge in [0, 0.05) is 15.5 Å². The van der Waals surface area contributed by atoms with E-state index in [9.17, 15) is 4.79 Å². The molecule has 1 aromatic heterocycles. The van der Waals surface area contributed by atoms with Crippen molar-refractivity contribution >= 4 is 38.4 Å². The Hall–Kier alpha value is -1.69. The minimum Gasteiger partial charge on any atom is -0.309 e. The van der Waals surface area contributed by atoms with Crippen molar-refractivity contribution in [3.8, 4) is 0 Å². The summed E-state index contributed by atoms with van der Waals surface area (Å²) in [6.45, 7) is 2.52. The highest BCUT2D eigenvalue weighted by molar-refractivity contribution is 9.10. The van der Waals surface area contributed by atoms with Crippen molar-refractivity contribution in [2.24, 2.45) is 0 Å². The average Bonchev–Trinajstić information content (AvgIpc) is 2.52. The first-order valence-corrected chi connectivity index (χ1v) is 8.38. The van der Waals surface area contributed by atoms with Gasteiger partial charge in [0.2, 0.25) is 0 Å². The van der Waals surface area contributed by atoms with E-state index in [1.165, 1.54) is 0 Å². The standard InChI is InChI=1S/C17H15BrClN3O/c1-10(12-4-2-3-5-14(12)18)20-9-16-21-15-8-11(19)6-7-13(15)17(23)22-16/h2-8,10,20H,9H2,1H3,(H,21,22,23)/t10-/m1/s1. The van der Waals surface area contributed by atoms with E-state index in [1.54, 1.807) is 18.2 Å². The Morgan fingerprint density at radius 1 is 1.30 bits per heavy atom. The second kappa shape index (κ2) is 6.83. The van der Waals surface area contributed by atoms with Gasteiger partial charge in [0.25, 0.3) is 5.56 Å². The zero-order valence-corrected chi connectivity index (χ0v) is 14.8. The largest absolute Gasteiger partial charge is 0.309 e. The molecule has 6 heteroatoms. The Labute approximate surface area is 147 Å². The van der Waals surface area contributed by atoms with Gasteiger partial charge in [-0.2, -0.15) is 0 Å². The van der Waals surface area contributed by atoms with Crippen LogP contribution in [0.1, 0.15) is 24.4 Å². The SMILES string of the molecule is C[C@@H](NCc1nc2cc(Cl)ccc2c(=O)[nH]1)c1ccccc1Br. The third kappa shape index (κ3) is 3.63. The summed E-state index contributed by atoms with van der Waals surface area (Å²) in [5.74, 6) is 0.587. The molecule has 1 atom stereocenters. The molecule has 0 aliphatic rings. The molecule has 0 spiro atoms. The monoisotopic (exact) mass is 391 g/mol. The van der Waals surface area contributed by atoms with E-state index in [4.69, 9.17) is 11.6 Å². The van der Waals surface area contributed by atoms with Crippen LogP contribution in [-0.2, 0) is 6.54 Å². The van der Waals surface area contributed by atoms with Crippen LogP contribution in [0.5, 0.6) is 0 Å². The summed E-state index contributed by atoms with van der Waals surface area (Å²) < 4.78 is 1.05. The summed E-state index contributed by atoms with van der Waals surface area (Å²) in [4.78, 5) is 19.4. The lowest BCUT2D eigenvalue weighted by Gasteiger charge is -2.15. The van der Waals surface area contributed by atoms with Crippen LogP contribution in [0.4, 0.5) is 0 Å². The Morgan fingerprint density at radius 3 is 2.87 bits per heavy atom. The summed E-state index contributed by atoms with van der Waals surface area (Å²) >= 11 is 9.52. The summed E-state index contributed by atoms with van der Waals surface area (Å²) in [6.07, 6.45) is 0. The number of fused-ring (bicyclic) bond motifs is 1.